The van der Waals surface area contributed by atoms with Crippen LogP contribution in [0, 0.1) is 6.92 Å². The number of aryl methyl sites for hydroxylation is 1. The number of benzene rings is 1. The van der Waals surface area contributed by atoms with E-state index in [0.29, 0.717) is 18.7 Å². The second-order valence-corrected chi connectivity index (χ2v) is 8.25. The summed E-state index contributed by atoms with van der Waals surface area (Å²) < 4.78 is 0. The monoisotopic (exact) mass is 417 g/mol. The molecule has 1 amide bonds. The number of carbonyl (C=O) groups excluding carboxylic acids is 1. The number of piperidine rings is 1. The van der Waals surface area contributed by atoms with Gasteiger partial charge in [0.25, 0.3) is 5.91 Å². The third-order valence-corrected chi connectivity index (χ3v) is 6.07. The maximum atomic E-state index is 13.0. The highest BCUT2D eigenvalue weighted by Gasteiger charge is 2.25. The van der Waals surface area contributed by atoms with Gasteiger partial charge in [-0.05, 0) is 44.4 Å². The van der Waals surface area contributed by atoms with Crippen LogP contribution >= 0.6 is 0 Å². The highest BCUT2D eigenvalue weighted by atomic mass is 16.2. The first-order valence-electron chi connectivity index (χ1n) is 11.0. The summed E-state index contributed by atoms with van der Waals surface area (Å²) in [6.45, 7) is 6.90. The van der Waals surface area contributed by atoms with Crippen molar-refractivity contribution in [3.05, 3.63) is 47.9 Å². The predicted molar refractivity (Wildman–Crippen MR) is 120 cm³/mol. The molecule has 2 aliphatic rings. The van der Waals surface area contributed by atoms with Crippen molar-refractivity contribution in [2.24, 2.45) is 0 Å². The number of amides is 1. The van der Waals surface area contributed by atoms with E-state index in [0.717, 1.165) is 54.7 Å². The minimum Gasteiger partial charge on any atom is -0.356 e. The molecule has 0 atom stereocenters. The Labute approximate surface area is 181 Å². The van der Waals surface area contributed by atoms with E-state index < -0.39 is 0 Å². The van der Waals surface area contributed by atoms with Crippen molar-refractivity contribution >= 4 is 28.7 Å². The Bertz CT molecular complexity index is 1090. The van der Waals surface area contributed by atoms with Gasteiger partial charge in [-0.3, -0.25) is 14.8 Å². The van der Waals surface area contributed by atoms with E-state index in [1.165, 1.54) is 19.3 Å². The number of fused-ring (bicyclic) bond motifs is 1. The molecule has 2 aliphatic heterocycles. The fraction of sp³-hybridized carbons (Fsp3) is 0.435. The summed E-state index contributed by atoms with van der Waals surface area (Å²) in [5.74, 6) is 1.83. The van der Waals surface area contributed by atoms with Crippen LogP contribution in [0.4, 0.5) is 11.8 Å². The van der Waals surface area contributed by atoms with E-state index in [9.17, 15) is 4.79 Å². The van der Waals surface area contributed by atoms with Gasteiger partial charge in [-0.15, -0.1) is 0 Å². The highest BCUT2D eigenvalue weighted by molar-refractivity contribution is 5.97. The lowest BCUT2D eigenvalue weighted by molar-refractivity contribution is 0.0746. The summed E-state index contributed by atoms with van der Waals surface area (Å²) in [5.41, 5.74) is 3.18. The van der Waals surface area contributed by atoms with Crippen LogP contribution in [0.2, 0.25) is 0 Å². The van der Waals surface area contributed by atoms with Gasteiger partial charge in [0, 0.05) is 69.0 Å². The molecule has 1 aromatic carbocycles. The Hall–Kier alpha value is -3.29. The maximum Gasteiger partial charge on any atom is 0.254 e. The Morgan fingerprint density at radius 2 is 1.55 bits per heavy atom. The van der Waals surface area contributed by atoms with E-state index in [-0.39, 0.29) is 5.91 Å². The molecule has 0 unspecified atom stereocenters. The number of nitrogens with zero attached hydrogens (tertiary/aromatic N) is 7. The Morgan fingerprint density at radius 3 is 2.32 bits per heavy atom. The van der Waals surface area contributed by atoms with Gasteiger partial charge < -0.3 is 14.7 Å². The summed E-state index contributed by atoms with van der Waals surface area (Å²) in [5, 5.41) is 0. The average Bonchev–Trinajstić information content (AvgIpc) is 2.83. The van der Waals surface area contributed by atoms with Gasteiger partial charge in [0.1, 0.15) is 5.82 Å². The van der Waals surface area contributed by atoms with E-state index in [1.54, 1.807) is 12.4 Å². The van der Waals surface area contributed by atoms with Crippen molar-refractivity contribution in [3.8, 4) is 0 Å². The molecule has 2 saturated heterocycles. The van der Waals surface area contributed by atoms with Gasteiger partial charge in [-0.25, -0.2) is 4.98 Å². The zero-order chi connectivity index (χ0) is 21.2. The Morgan fingerprint density at radius 1 is 0.806 bits per heavy atom. The number of piperazine rings is 1. The number of rotatable bonds is 3. The van der Waals surface area contributed by atoms with Crippen LogP contribution in [0.3, 0.4) is 0 Å². The standard InChI is InChI=1S/C23H27N7O/c1-17-15-21(28-9-3-2-4-10-28)27-23(26-17)30-13-11-29(12-14-30)22(31)18-5-6-19-20(16-18)25-8-7-24-19/h5-8,15-16H,2-4,9-14H2,1H3. The molecule has 2 aromatic heterocycles. The van der Waals surface area contributed by atoms with Crippen molar-refractivity contribution in [2.75, 3.05) is 49.1 Å². The van der Waals surface area contributed by atoms with E-state index >= 15 is 0 Å². The van der Waals surface area contributed by atoms with Gasteiger partial charge in [0.2, 0.25) is 5.95 Å². The van der Waals surface area contributed by atoms with Gasteiger partial charge in [-0.2, -0.15) is 4.98 Å². The molecule has 0 radical (unpaired) electrons. The van der Waals surface area contributed by atoms with Crippen LogP contribution in [-0.4, -0.2) is 70.0 Å². The molecule has 5 rings (SSSR count). The Balaban J connectivity index is 1.27. The van der Waals surface area contributed by atoms with Crippen molar-refractivity contribution in [1.29, 1.82) is 0 Å². The summed E-state index contributed by atoms with van der Waals surface area (Å²) >= 11 is 0. The third kappa shape index (κ3) is 4.15. The third-order valence-electron chi connectivity index (χ3n) is 6.07. The molecule has 0 bridgehead atoms. The van der Waals surface area contributed by atoms with Crippen LogP contribution in [0.5, 0.6) is 0 Å². The van der Waals surface area contributed by atoms with E-state index in [4.69, 9.17) is 4.98 Å². The molecule has 4 heterocycles. The number of aromatic nitrogens is 4. The molecule has 0 spiro atoms. The molecule has 0 saturated carbocycles. The summed E-state index contributed by atoms with van der Waals surface area (Å²) in [7, 11) is 0. The van der Waals surface area contributed by atoms with Crippen LogP contribution in [0.15, 0.2) is 36.7 Å². The molecule has 3 aromatic rings. The van der Waals surface area contributed by atoms with Gasteiger partial charge in [0.15, 0.2) is 0 Å². The predicted octanol–water partition coefficient (Wildman–Crippen LogP) is 2.68. The van der Waals surface area contributed by atoms with Crippen LogP contribution in [0.25, 0.3) is 11.0 Å². The Kier molecular flexibility index (Phi) is 5.36. The lowest BCUT2D eigenvalue weighted by Crippen LogP contribution is -2.49. The number of hydrogen-bond donors (Lipinski definition) is 0. The van der Waals surface area contributed by atoms with Crippen LogP contribution in [0.1, 0.15) is 35.3 Å². The molecule has 8 nitrogen and oxygen atoms in total. The average molecular weight is 418 g/mol. The fourth-order valence-corrected chi connectivity index (χ4v) is 4.35. The topological polar surface area (TPSA) is 78.4 Å². The lowest BCUT2D eigenvalue weighted by Gasteiger charge is -2.35. The van der Waals surface area contributed by atoms with Crippen LogP contribution < -0.4 is 9.80 Å². The second-order valence-electron chi connectivity index (χ2n) is 8.25. The summed E-state index contributed by atoms with van der Waals surface area (Å²) in [6.07, 6.45) is 7.05. The molecule has 2 fully saturated rings. The number of hydrogen-bond acceptors (Lipinski definition) is 7. The molecule has 31 heavy (non-hydrogen) atoms. The van der Waals surface area contributed by atoms with Crippen molar-refractivity contribution < 1.29 is 4.79 Å². The molecule has 0 aliphatic carbocycles. The van der Waals surface area contributed by atoms with Crippen LogP contribution in [-0.2, 0) is 0 Å². The SMILES string of the molecule is Cc1cc(N2CCCCC2)nc(N2CCN(C(=O)c3ccc4nccnc4c3)CC2)n1. The fourth-order valence-electron chi connectivity index (χ4n) is 4.35. The first-order valence-corrected chi connectivity index (χ1v) is 11.0. The van der Waals surface area contributed by atoms with E-state index in [2.05, 4.69) is 30.8 Å². The largest absolute Gasteiger partial charge is 0.356 e. The highest BCUT2D eigenvalue weighted by Crippen LogP contribution is 2.22. The first-order chi connectivity index (χ1) is 15.2. The normalized spacial score (nSPS) is 17.3. The zero-order valence-corrected chi connectivity index (χ0v) is 17.9. The van der Waals surface area contributed by atoms with E-state index in [1.807, 2.05) is 30.0 Å². The first kappa shape index (κ1) is 19.7. The molecule has 160 valence electrons. The number of anilines is 2. The van der Waals surface area contributed by atoms with Crippen molar-refractivity contribution in [1.82, 2.24) is 24.8 Å². The molecule has 8 heteroatoms. The zero-order valence-electron chi connectivity index (χ0n) is 17.9. The smallest absolute Gasteiger partial charge is 0.254 e. The maximum absolute atomic E-state index is 13.0. The van der Waals surface area contributed by atoms with Gasteiger partial charge >= 0.3 is 0 Å². The minimum absolute atomic E-state index is 0.0337. The van der Waals surface area contributed by atoms with Gasteiger partial charge in [0.05, 0.1) is 11.0 Å². The minimum atomic E-state index is 0.0337. The quantitative estimate of drug-likeness (QED) is 0.648. The number of carbonyl (C=O) groups is 1. The lowest BCUT2D eigenvalue weighted by atomic mass is 10.1. The second kappa shape index (κ2) is 8.45. The van der Waals surface area contributed by atoms with Gasteiger partial charge in [-0.1, -0.05) is 0 Å². The van der Waals surface area contributed by atoms with Crippen molar-refractivity contribution in [3.63, 3.8) is 0 Å². The summed E-state index contributed by atoms with van der Waals surface area (Å²) in [4.78, 5) is 37.6. The molecular weight excluding hydrogens is 390 g/mol. The van der Waals surface area contributed by atoms with Crippen molar-refractivity contribution in [2.45, 2.75) is 26.2 Å². The molecular formula is C23H27N7O. The molecule has 0 N–H and O–H groups in total. The summed E-state index contributed by atoms with van der Waals surface area (Å²) in [6, 6.07) is 7.59.